The zero-order chi connectivity index (χ0) is 23.5. The number of imidazole rings is 1. The van der Waals surface area contributed by atoms with E-state index in [1.165, 1.54) is 7.11 Å². The van der Waals surface area contributed by atoms with E-state index in [1.807, 2.05) is 29.7 Å². The van der Waals surface area contributed by atoms with Gasteiger partial charge in [0.2, 0.25) is 0 Å². The predicted octanol–water partition coefficient (Wildman–Crippen LogP) is 2.55. The fourth-order valence-electron chi connectivity index (χ4n) is 4.14. The number of morpholine rings is 1. The van der Waals surface area contributed by atoms with Gasteiger partial charge in [-0.3, -0.25) is 4.79 Å². The molecule has 1 atom stereocenters. The molecule has 0 unspecified atom stereocenters. The molecule has 4 rings (SSSR count). The summed E-state index contributed by atoms with van der Waals surface area (Å²) >= 11 is 0. The van der Waals surface area contributed by atoms with Crippen LogP contribution in [-0.4, -0.2) is 66.2 Å². The third kappa shape index (κ3) is 4.38. The summed E-state index contributed by atoms with van der Waals surface area (Å²) in [6.07, 6.45) is 1.72. The molecule has 0 saturated carbocycles. The fourth-order valence-corrected chi connectivity index (χ4v) is 4.14. The van der Waals surface area contributed by atoms with Crippen LogP contribution in [0.4, 0.5) is 4.79 Å². The van der Waals surface area contributed by atoms with Crippen molar-refractivity contribution in [1.29, 1.82) is 5.26 Å². The maximum atomic E-state index is 12.0. The molecular formula is C24H25N5O4. The number of pyridine rings is 1. The smallest absolute Gasteiger partial charge is 0.409 e. The number of amides is 2. The zero-order valence-corrected chi connectivity index (χ0v) is 18.8. The summed E-state index contributed by atoms with van der Waals surface area (Å²) in [6.45, 7) is 3.25. The minimum Gasteiger partial charge on any atom is -0.453 e. The van der Waals surface area contributed by atoms with Gasteiger partial charge in [-0.2, -0.15) is 5.26 Å². The lowest BCUT2D eigenvalue weighted by Crippen LogP contribution is -2.46. The standard InChI is InChI=1S/C24H25N5O4/c1-15-10-17(23(30)26-2)4-5-19(15)22-20(29-7-6-16(13-25)11-21(29)27-22)12-18-14-28(8-9-33-18)24(31)32-3/h4-7,10-11,18H,8-9,12,14H2,1-3H3,(H,26,30)/t18-/m0/s1. The Morgan fingerprint density at radius 2 is 2.15 bits per heavy atom. The van der Waals surface area contributed by atoms with Crippen LogP contribution in [0.25, 0.3) is 16.9 Å². The van der Waals surface area contributed by atoms with Crippen molar-refractivity contribution in [3.8, 4) is 17.3 Å². The van der Waals surface area contributed by atoms with Crippen LogP contribution in [0.5, 0.6) is 0 Å². The van der Waals surface area contributed by atoms with Gasteiger partial charge in [0.25, 0.3) is 5.91 Å². The normalized spacial score (nSPS) is 15.8. The number of hydrogen-bond acceptors (Lipinski definition) is 6. The Morgan fingerprint density at radius 3 is 2.85 bits per heavy atom. The Bertz CT molecular complexity index is 1260. The Hall–Kier alpha value is -3.90. The predicted molar refractivity (Wildman–Crippen MR) is 121 cm³/mol. The molecule has 0 radical (unpaired) electrons. The lowest BCUT2D eigenvalue weighted by atomic mass is 9.99. The van der Waals surface area contributed by atoms with E-state index in [0.717, 1.165) is 22.5 Å². The minimum absolute atomic E-state index is 0.156. The number of nitrogens with one attached hydrogen (secondary N) is 1. The molecule has 1 aliphatic rings. The van der Waals surface area contributed by atoms with Gasteiger partial charge in [0.05, 0.1) is 49.4 Å². The van der Waals surface area contributed by atoms with Crippen LogP contribution in [0.3, 0.4) is 0 Å². The highest BCUT2D eigenvalue weighted by atomic mass is 16.5. The number of rotatable bonds is 4. The van der Waals surface area contributed by atoms with Gasteiger partial charge in [-0.05, 0) is 36.8 Å². The summed E-state index contributed by atoms with van der Waals surface area (Å²) in [5, 5.41) is 11.9. The quantitative estimate of drug-likeness (QED) is 0.658. The monoisotopic (exact) mass is 447 g/mol. The molecule has 1 aliphatic heterocycles. The summed E-state index contributed by atoms with van der Waals surface area (Å²) in [6, 6.07) is 11.1. The van der Waals surface area contributed by atoms with Crippen molar-refractivity contribution in [3.05, 3.63) is 58.9 Å². The maximum absolute atomic E-state index is 12.0. The Balaban J connectivity index is 1.77. The van der Waals surface area contributed by atoms with Crippen LogP contribution in [0.1, 0.15) is 27.2 Å². The summed E-state index contributed by atoms with van der Waals surface area (Å²) < 4.78 is 12.8. The first kappa shape index (κ1) is 22.3. The maximum Gasteiger partial charge on any atom is 0.409 e. The molecule has 9 nitrogen and oxygen atoms in total. The van der Waals surface area contributed by atoms with Gasteiger partial charge >= 0.3 is 6.09 Å². The summed E-state index contributed by atoms with van der Waals surface area (Å²) in [5.74, 6) is -0.156. The SMILES string of the molecule is CNC(=O)c1ccc(-c2nc3cc(C#N)ccn3c2C[C@H]2CN(C(=O)OC)CCO2)c(C)c1. The van der Waals surface area contributed by atoms with Crippen LogP contribution in [0, 0.1) is 18.3 Å². The van der Waals surface area contributed by atoms with E-state index >= 15 is 0 Å². The highest BCUT2D eigenvalue weighted by Gasteiger charge is 2.28. The zero-order valence-electron chi connectivity index (χ0n) is 18.8. The Kier molecular flexibility index (Phi) is 6.29. The van der Waals surface area contributed by atoms with Crippen molar-refractivity contribution in [1.82, 2.24) is 19.6 Å². The molecule has 1 saturated heterocycles. The van der Waals surface area contributed by atoms with Gasteiger partial charge in [0, 0.05) is 37.3 Å². The van der Waals surface area contributed by atoms with Gasteiger partial charge in [-0.25, -0.2) is 9.78 Å². The molecular weight excluding hydrogens is 422 g/mol. The summed E-state index contributed by atoms with van der Waals surface area (Å²) in [7, 11) is 2.97. The number of methoxy groups -OCH3 is 1. The number of carbonyl (C=O) groups excluding carboxylic acids is 2. The van der Waals surface area contributed by atoms with E-state index in [2.05, 4.69) is 11.4 Å². The average molecular weight is 447 g/mol. The van der Waals surface area contributed by atoms with Gasteiger partial charge in [0.15, 0.2) is 0 Å². The minimum atomic E-state index is -0.374. The molecule has 1 fully saturated rings. The fraction of sp³-hybridized carbons (Fsp3) is 0.333. The second-order valence-corrected chi connectivity index (χ2v) is 7.88. The van der Waals surface area contributed by atoms with E-state index in [0.29, 0.717) is 42.9 Å². The van der Waals surface area contributed by atoms with E-state index in [4.69, 9.17) is 14.5 Å². The lowest BCUT2D eigenvalue weighted by molar-refractivity contribution is -0.0241. The molecule has 0 bridgehead atoms. The molecule has 0 aliphatic carbocycles. The van der Waals surface area contributed by atoms with E-state index in [9.17, 15) is 14.9 Å². The molecule has 2 amide bonds. The largest absolute Gasteiger partial charge is 0.453 e. The number of carbonyl (C=O) groups is 2. The highest BCUT2D eigenvalue weighted by molar-refractivity contribution is 5.95. The van der Waals surface area contributed by atoms with E-state index < -0.39 is 0 Å². The van der Waals surface area contributed by atoms with E-state index in [1.54, 1.807) is 30.1 Å². The molecule has 2 aromatic heterocycles. The number of aromatic nitrogens is 2. The van der Waals surface area contributed by atoms with Crippen LogP contribution in [0.15, 0.2) is 36.5 Å². The van der Waals surface area contributed by atoms with Crippen molar-refractivity contribution < 1.29 is 19.1 Å². The Labute approximate surface area is 191 Å². The number of ether oxygens (including phenoxy) is 2. The lowest BCUT2D eigenvalue weighted by Gasteiger charge is -2.32. The van der Waals surface area contributed by atoms with Crippen molar-refractivity contribution in [2.75, 3.05) is 33.9 Å². The molecule has 3 heterocycles. The molecule has 33 heavy (non-hydrogen) atoms. The first-order valence-corrected chi connectivity index (χ1v) is 10.6. The second-order valence-electron chi connectivity index (χ2n) is 7.88. The van der Waals surface area contributed by atoms with Crippen molar-refractivity contribution in [3.63, 3.8) is 0 Å². The van der Waals surface area contributed by atoms with Crippen LogP contribution < -0.4 is 5.32 Å². The molecule has 1 aromatic carbocycles. The number of aryl methyl sites for hydroxylation is 1. The number of benzene rings is 1. The van der Waals surface area contributed by atoms with Gasteiger partial charge < -0.3 is 24.1 Å². The third-order valence-electron chi connectivity index (χ3n) is 5.82. The van der Waals surface area contributed by atoms with Crippen LogP contribution in [-0.2, 0) is 15.9 Å². The molecule has 0 spiro atoms. The number of nitriles is 1. The highest BCUT2D eigenvalue weighted by Crippen LogP contribution is 2.30. The van der Waals surface area contributed by atoms with Gasteiger partial charge in [-0.1, -0.05) is 6.07 Å². The molecule has 1 N–H and O–H groups in total. The number of hydrogen-bond donors (Lipinski definition) is 1. The van der Waals surface area contributed by atoms with Crippen molar-refractivity contribution >= 4 is 17.6 Å². The van der Waals surface area contributed by atoms with Crippen LogP contribution in [0.2, 0.25) is 0 Å². The third-order valence-corrected chi connectivity index (χ3v) is 5.82. The first-order chi connectivity index (χ1) is 15.9. The Morgan fingerprint density at radius 1 is 1.33 bits per heavy atom. The van der Waals surface area contributed by atoms with Crippen molar-refractivity contribution in [2.24, 2.45) is 0 Å². The molecule has 3 aromatic rings. The van der Waals surface area contributed by atoms with Gasteiger partial charge in [0.1, 0.15) is 5.65 Å². The summed E-state index contributed by atoms with van der Waals surface area (Å²) in [4.78, 5) is 30.5. The topological polar surface area (TPSA) is 109 Å². The molecule has 170 valence electrons. The van der Waals surface area contributed by atoms with Gasteiger partial charge in [-0.15, -0.1) is 0 Å². The summed E-state index contributed by atoms with van der Waals surface area (Å²) in [5.41, 5.74) is 5.19. The molecule has 9 heteroatoms. The first-order valence-electron chi connectivity index (χ1n) is 10.6. The van der Waals surface area contributed by atoms with E-state index in [-0.39, 0.29) is 18.1 Å². The van der Waals surface area contributed by atoms with Crippen molar-refractivity contribution in [2.45, 2.75) is 19.4 Å². The van der Waals surface area contributed by atoms with Crippen LogP contribution >= 0.6 is 0 Å². The average Bonchev–Trinajstić information content (AvgIpc) is 3.19. The number of nitrogens with zero attached hydrogens (tertiary/aromatic N) is 4. The number of fused-ring (bicyclic) bond motifs is 1. The second kappa shape index (κ2) is 9.30.